The van der Waals surface area contributed by atoms with E-state index in [9.17, 15) is 9.59 Å². The SMILES string of the molecule is CCCCCOc1ccc(C(=O)NNC(=O)c2sc3ccccc3c2Cl)cc1. The number of hydrogen-bond acceptors (Lipinski definition) is 4. The van der Waals surface area contributed by atoms with Gasteiger partial charge in [0, 0.05) is 15.6 Å². The molecular formula is C21H21ClN2O3S. The Bertz CT molecular complexity index is 969. The van der Waals surface area contributed by atoms with Crippen molar-refractivity contribution in [3.05, 3.63) is 64.0 Å². The van der Waals surface area contributed by atoms with E-state index in [1.54, 1.807) is 24.3 Å². The lowest BCUT2D eigenvalue weighted by molar-refractivity contribution is 0.0849. The van der Waals surface area contributed by atoms with Crippen LogP contribution in [-0.2, 0) is 0 Å². The number of unbranched alkanes of at least 4 members (excludes halogenated alkanes) is 2. The summed E-state index contributed by atoms with van der Waals surface area (Å²) in [7, 11) is 0. The number of amides is 2. The molecule has 28 heavy (non-hydrogen) atoms. The zero-order valence-corrected chi connectivity index (χ0v) is 17.0. The molecule has 0 fully saturated rings. The number of benzene rings is 2. The molecule has 2 N–H and O–H groups in total. The van der Waals surface area contributed by atoms with Crippen molar-refractivity contribution < 1.29 is 14.3 Å². The standard InChI is InChI=1S/C21H21ClN2O3S/c1-2-3-6-13-27-15-11-9-14(10-12-15)20(25)23-24-21(26)19-18(22)16-7-4-5-8-17(16)28-19/h4-5,7-12H,2-3,6,13H2,1H3,(H,23,25)(H,24,26). The third-order valence-electron chi connectivity index (χ3n) is 4.16. The van der Waals surface area contributed by atoms with Crippen molar-refractivity contribution in [3.8, 4) is 5.75 Å². The van der Waals surface area contributed by atoms with E-state index in [0.717, 1.165) is 29.3 Å². The van der Waals surface area contributed by atoms with Crippen LogP contribution in [0, 0.1) is 0 Å². The molecular weight excluding hydrogens is 396 g/mol. The van der Waals surface area contributed by atoms with Crippen LogP contribution < -0.4 is 15.6 Å². The van der Waals surface area contributed by atoms with E-state index in [1.807, 2.05) is 24.3 Å². The molecule has 0 aliphatic rings. The van der Waals surface area contributed by atoms with Crippen LogP contribution in [0.5, 0.6) is 5.75 Å². The second kappa shape index (κ2) is 9.57. The fraction of sp³-hybridized carbons (Fsp3) is 0.238. The molecule has 3 aromatic rings. The van der Waals surface area contributed by atoms with E-state index in [0.29, 0.717) is 27.8 Å². The Morgan fingerprint density at radius 2 is 1.71 bits per heavy atom. The summed E-state index contributed by atoms with van der Waals surface area (Å²) in [5.74, 6) is -0.146. The molecule has 2 aromatic carbocycles. The summed E-state index contributed by atoms with van der Waals surface area (Å²) in [6, 6.07) is 14.3. The van der Waals surface area contributed by atoms with Crippen LogP contribution >= 0.6 is 22.9 Å². The molecule has 1 aromatic heterocycles. The molecule has 0 unspecified atom stereocenters. The number of hydrazine groups is 1. The first-order valence-electron chi connectivity index (χ1n) is 9.10. The molecule has 0 aliphatic heterocycles. The van der Waals surface area contributed by atoms with Gasteiger partial charge in [-0.25, -0.2) is 0 Å². The lowest BCUT2D eigenvalue weighted by Gasteiger charge is -2.08. The molecule has 2 amide bonds. The van der Waals surface area contributed by atoms with Gasteiger partial charge >= 0.3 is 0 Å². The van der Waals surface area contributed by atoms with Crippen molar-refractivity contribution in [2.45, 2.75) is 26.2 Å². The molecule has 0 spiro atoms. The van der Waals surface area contributed by atoms with Crippen molar-refractivity contribution in [1.29, 1.82) is 0 Å². The Balaban J connectivity index is 1.55. The van der Waals surface area contributed by atoms with Gasteiger partial charge in [0.05, 0.1) is 11.6 Å². The highest BCUT2D eigenvalue weighted by molar-refractivity contribution is 7.21. The fourth-order valence-corrected chi connectivity index (χ4v) is 4.06. The van der Waals surface area contributed by atoms with Gasteiger partial charge in [-0.2, -0.15) is 0 Å². The number of carbonyl (C=O) groups is 2. The predicted octanol–water partition coefficient (Wildman–Crippen LogP) is 5.20. The van der Waals surface area contributed by atoms with Gasteiger partial charge in [-0.3, -0.25) is 20.4 Å². The topological polar surface area (TPSA) is 67.4 Å². The number of halogens is 1. The summed E-state index contributed by atoms with van der Waals surface area (Å²) in [6.45, 7) is 2.80. The maximum atomic E-state index is 12.4. The number of nitrogens with one attached hydrogen (secondary N) is 2. The fourth-order valence-electron chi connectivity index (χ4n) is 2.65. The van der Waals surface area contributed by atoms with Crippen LogP contribution in [-0.4, -0.2) is 18.4 Å². The second-order valence-electron chi connectivity index (χ2n) is 6.23. The number of ether oxygens (including phenoxy) is 1. The molecule has 146 valence electrons. The number of carbonyl (C=O) groups excluding carboxylic acids is 2. The highest BCUT2D eigenvalue weighted by Crippen LogP contribution is 2.34. The van der Waals surface area contributed by atoms with Crippen LogP contribution in [0.1, 0.15) is 46.2 Å². The minimum atomic E-state index is -0.449. The van der Waals surface area contributed by atoms with Crippen LogP contribution in [0.15, 0.2) is 48.5 Å². The maximum absolute atomic E-state index is 12.4. The zero-order valence-electron chi connectivity index (χ0n) is 15.5. The van der Waals surface area contributed by atoms with Gasteiger partial charge in [-0.05, 0) is 36.8 Å². The summed E-state index contributed by atoms with van der Waals surface area (Å²) < 4.78 is 6.54. The minimum absolute atomic E-state index is 0.360. The first-order valence-corrected chi connectivity index (χ1v) is 10.3. The van der Waals surface area contributed by atoms with Crippen molar-refractivity contribution in [2.24, 2.45) is 0 Å². The first kappa shape index (κ1) is 20.2. The van der Waals surface area contributed by atoms with Crippen molar-refractivity contribution >= 4 is 44.8 Å². The molecule has 5 nitrogen and oxygen atoms in total. The van der Waals surface area contributed by atoms with Crippen LogP contribution in [0.25, 0.3) is 10.1 Å². The third kappa shape index (κ3) is 4.82. The minimum Gasteiger partial charge on any atom is -0.494 e. The largest absolute Gasteiger partial charge is 0.494 e. The lowest BCUT2D eigenvalue weighted by atomic mass is 10.2. The quantitative estimate of drug-likeness (QED) is 0.411. The molecule has 0 saturated heterocycles. The van der Waals surface area contributed by atoms with E-state index in [-0.39, 0.29) is 0 Å². The maximum Gasteiger partial charge on any atom is 0.281 e. The molecule has 3 rings (SSSR count). The van der Waals surface area contributed by atoms with Gasteiger partial charge in [-0.1, -0.05) is 49.6 Å². The Labute approximate surface area is 172 Å². The number of fused-ring (bicyclic) bond motifs is 1. The van der Waals surface area contributed by atoms with Gasteiger partial charge < -0.3 is 4.74 Å². The van der Waals surface area contributed by atoms with Gasteiger partial charge in [0.25, 0.3) is 11.8 Å². The highest BCUT2D eigenvalue weighted by atomic mass is 35.5. The second-order valence-corrected chi connectivity index (χ2v) is 7.66. The lowest BCUT2D eigenvalue weighted by Crippen LogP contribution is -2.41. The monoisotopic (exact) mass is 416 g/mol. The van der Waals surface area contributed by atoms with E-state index < -0.39 is 11.8 Å². The molecule has 0 radical (unpaired) electrons. The summed E-state index contributed by atoms with van der Waals surface area (Å²) in [6.07, 6.45) is 3.27. The molecule has 0 atom stereocenters. The first-order chi connectivity index (χ1) is 13.6. The third-order valence-corrected chi connectivity index (χ3v) is 5.84. The molecule has 1 heterocycles. The number of thiophene rings is 1. The summed E-state index contributed by atoms with van der Waals surface area (Å²) >= 11 is 7.57. The van der Waals surface area contributed by atoms with Crippen LogP contribution in [0.3, 0.4) is 0 Å². The van der Waals surface area contributed by atoms with Crippen molar-refractivity contribution in [1.82, 2.24) is 10.9 Å². The zero-order chi connectivity index (χ0) is 19.9. The van der Waals surface area contributed by atoms with E-state index in [2.05, 4.69) is 17.8 Å². The van der Waals surface area contributed by atoms with Crippen molar-refractivity contribution in [2.75, 3.05) is 6.61 Å². The summed E-state index contributed by atoms with van der Waals surface area (Å²) in [5, 5.41) is 1.21. The molecule has 0 bridgehead atoms. The average Bonchev–Trinajstić information content (AvgIpc) is 3.06. The summed E-state index contributed by atoms with van der Waals surface area (Å²) in [5.41, 5.74) is 5.26. The van der Waals surface area contributed by atoms with E-state index in [1.165, 1.54) is 11.3 Å². The number of hydrogen-bond donors (Lipinski definition) is 2. The van der Waals surface area contributed by atoms with Crippen molar-refractivity contribution in [3.63, 3.8) is 0 Å². The van der Waals surface area contributed by atoms with Crippen LogP contribution in [0.4, 0.5) is 0 Å². The van der Waals surface area contributed by atoms with Crippen LogP contribution in [0.2, 0.25) is 5.02 Å². The van der Waals surface area contributed by atoms with Gasteiger partial charge in [0.15, 0.2) is 0 Å². The van der Waals surface area contributed by atoms with Gasteiger partial charge in [-0.15, -0.1) is 11.3 Å². The normalized spacial score (nSPS) is 10.6. The smallest absolute Gasteiger partial charge is 0.281 e. The highest BCUT2D eigenvalue weighted by Gasteiger charge is 2.17. The van der Waals surface area contributed by atoms with E-state index in [4.69, 9.17) is 16.3 Å². The summed E-state index contributed by atoms with van der Waals surface area (Å²) in [4.78, 5) is 25.0. The van der Waals surface area contributed by atoms with E-state index >= 15 is 0 Å². The molecule has 7 heteroatoms. The average molecular weight is 417 g/mol. The molecule has 0 aliphatic carbocycles. The van der Waals surface area contributed by atoms with Gasteiger partial charge in [0.1, 0.15) is 10.6 Å². The number of rotatable bonds is 7. The Hall–Kier alpha value is -2.57. The Morgan fingerprint density at radius 1 is 1.00 bits per heavy atom. The Kier molecular flexibility index (Phi) is 6.90. The van der Waals surface area contributed by atoms with Gasteiger partial charge in [0.2, 0.25) is 0 Å². The predicted molar refractivity (Wildman–Crippen MR) is 113 cm³/mol. The Morgan fingerprint density at radius 3 is 2.43 bits per heavy atom. The molecule has 0 saturated carbocycles.